The van der Waals surface area contributed by atoms with Crippen molar-refractivity contribution in [2.45, 2.75) is 6.04 Å². The molecule has 1 aromatic rings. The van der Waals surface area contributed by atoms with E-state index in [1.54, 1.807) is 0 Å². The maximum absolute atomic E-state index is 10.7. The van der Waals surface area contributed by atoms with Crippen LogP contribution in [0.1, 0.15) is 10.5 Å². The number of carboxylic acid groups (broad SMARTS) is 1. The number of aromatic nitrogens is 2. The highest BCUT2D eigenvalue weighted by Crippen LogP contribution is 2.09. The van der Waals surface area contributed by atoms with Gasteiger partial charge in [0.25, 0.3) is 0 Å². The third kappa shape index (κ3) is 2.86. The van der Waals surface area contributed by atoms with Gasteiger partial charge in [0.2, 0.25) is 0 Å². The highest BCUT2D eigenvalue weighted by atomic mass is 16.4. The number of hydrogen-bond acceptors (Lipinski definition) is 6. The van der Waals surface area contributed by atoms with Crippen molar-refractivity contribution >= 4 is 11.8 Å². The maximum atomic E-state index is 10.7. The van der Waals surface area contributed by atoms with Crippen molar-refractivity contribution in [2.75, 3.05) is 18.5 Å². The molecule has 0 radical (unpaired) electrons. The summed E-state index contributed by atoms with van der Waals surface area (Å²) in [5.41, 5.74) is -0.246. The molecule has 0 aliphatic carbocycles. The third-order valence-corrected chi connectivity index (χ3v) is 1.68. The topological polar surface area (TPSA) is 116 Å². The van der Waals surface area contributed by atoms with E-state index in [2.05, 4.69) is 15.3 Å². The summed E-state index contributed by atoms with van der Waals surface area (Å²) >= 11 is 0. The van der Waals surface area contributed by atoms with Crippen molar-refractivity contribution in [3.63, 3.8) is 0 Å². The van der Waals surface area contributed by atoms with Gasteiger partial charge in [0.05, 0.1) is 19.3 Å². The number of aromatic carboxylic acids is 1. The van der Waals surface area contributed by atoms with Crippen LogP contribution in [0.3, 0.4) is 0 Å². The Labute approximate surface area is 85.4 Å². The molecule has 0 aliphatic heterocycles. The van der Waals surface area contributed by atoms with Crippen LogP contribution in [-0.2, 0) is 0 Å². The Hall–Kier alpha value is -1.73. The van der Waals surface area contributed by atoms with Gasteiger partial charge in [-0.1, -0.05) is 0 Å². The van der Waals surface area contributed by atoms with E-state index < -0.39 is 12.0 Å². The predicted molar refractivity (Wildman–Crippen MR) is 50.6 cm³/mol. The molecule has 0 aliphatic rings. The molecule has 15 heavy (non-hydrogen) atoms. The van der Waals surface area contributed by atoms with Gasteiger partial charge in [-0.25, -0.2) is 14.8 Å². The number of hydrogen-bond donors (Lipinski definition) is 4. The highest BCUT2D eigenvalue weighted by molar-refractivity contribution is 5.90. The van der Waals surface area contributed by atoms with Gasteiger partial charge in [0.15, 0.2) is 11.5 Å². The molecular weight excluding hydrogens is 202 g/mol. The van der Waals surface area contributed by atoms with E-state index in [0.717, 1.165) is 0 Å². The number of nitrogens with one attached hydrogen (secondary N) is 1. The Morgan fingerprint density at radius 3 is 2.47 bits per heavy atom. The lowest BCUT2D eigenvalue weighted by atomic mass is 10.3. The smallest absolute Gasteiger partial charge is 0.358 e. The zero-order valence-corrected chi connectivity index (χ0v) is 7.79. The van der Waals surface area contributed by atoms with E-state index in [4.69, 9.17) is 15.3 Å². The number of carbonyl (C=O) groups is 1. The van der Waals surface area contributed by atoms with Crippen molar-refractivity contribution < 1.29 is 20.1 Å². The molecule has 7 nitrogen and oxygen atoms in total. The Bertz CT molecular complexity index is 340. The largest absolute Gasteiger partial charge is 0.476 e. The molecule has 0 saturated carbocycles. The van der Waals surface area contributed by atoms with Gasteiger partial charge < -0.3 is 20.6 Å². The first kappa shape index (κ1) is 11.3. The summed E-state index contributed by atoms with van der Waals surface area (Å²) in [5.74, 6) is -1.20. The van der Waals surface area contributed by atoms with Gasteiger partial charge in [-0.2, -0.15) is 0 Å². The van der Waals surface area contributed by atoms with Crippen LogP contribution in [0, 0.1) is 0 Å². The van der Waals surface area contributed by atoms with Crippen LogP contribution in [0.25, 0.3) is 0 Å². The van der Waals surface area contributed by atoms with Crippen molar-refractivity contribution in [1.82, 2.24) is 9.97 Å². The molecule has 0 spiro atoms. The number of carboxylic acids is 1. The fourth-order valence-corrected chi connectivity index (χ4v) is 0.943. The van der Waals surface area contributed by atoms with E-state index in [9.17, 15) is 4.79 Å². The number of nitrogens with zero attached hydrogens (tertiary/aromatic N) is 2. The molecule has 0 unspecified atom stereocenters. The Kier molecular flexibility index (Phi) is 3.95. The van der Waals surface area contributed by atoms with Gasteiger partial charge >= 0.3 is 5.97 Å². The van der Waals surface area contributed by atoms with Crippen molar-refractivity contribution in [3.8, 4) is 0 Å². The van der Waals surface area contributed by atoms with Crippen LogP contribution >= 0.6 is 0 Å². The first-order valence-electron chi connectivity index (χ1n) is 4.21. The highest BCUT2D eigenvalue weighted by Gasteiger charge is 2.15. The summed E-state index contributed by atoms with van der Waals surface area (Å²) in [4.78, 5) is 18.1. The lowest BCUT2D eigenvalue weighted by Gasteiger charge is -2.14. The first-order valence-corrected chi connectivity index (χ1v) is 4.21. The molecule has 0 bridgehead atoms. The van der Waals surface area contributed by atoms with Crippen molar-refractivity contribution in [3.05, 3.63) is 18.1 Å². The molecule has 4 N–H and O–H groups in total. The number of rotatable bonds is 5. The molecule has 0 fully saturated rings. The van der Waals surface area contributed by atoms with Crippen molar-refractivity contribution in [2.24, 2.45) is 0 Å². The zero-order valence-electron chi connectivity index (χ0n) is 7.79. The summed E-state index contributed by atoms with van der Waals surface area (Å²) in [6.45, 7) is -0.654. The van der Waals surface area contributed by atoms with Gasteiger partial charge in [-0.3, -0.25) is 0 Å². The number of anilines is 1. The quantitative estimate of drug-likeness (QED) is 0.492. The average Bonchev–Trinajstić information content (AvgIpc) is 2.26. The molecule has 1 aromatic heterocycles. The molecule has 1 heterocycles. The van der Waals surface area contributed by atoms with E-state index >= 15 is 0 Å². The van der Waals surface area contributed by atoms with Crippen LogP contribution in [0.4, 0.5) is 5.82 Å². The molecule has 0 atom stereocenters. The molecule has 0 saturated heterocycles. The molecular formula is C8H11N3O4. The van der Waals surface area contributed by atoms with Crippen LogP contribution in [0.5, 0.6) is 0 Å². The second-order valence-corrected chi connectivity index (χ2v) is 2.77. The lowest BCUT2D eigenvalue weighted by molar-refractivity contribution is 0.0691. The van der Waals surface area contributed by atoms with Gasteiger partial charge in [0, 0.05) is 12.4 Å². The van der Waals surface area contributed by atoms with Gasteiger partial charge in [0.1, 0.15) is 0 Å². The van der Waals surface area contributed by atoms with E-state index in [-0.39, 0.29) is 24.7 Å². The van der Waals surface area contributed by atoms with Crippen molar-refractivity contribution in [1.29, 1.82) is 0 Å². The monoisotopic (exact) mass is 213 g/mol. The number of aliphatic hydroxyl groups excluding tert-OH is 2. The first-order chi connectivity index (χ1) is 7.19. The minimum atomic E-state index is -1.22. The minimum absolute atomic E-state index is 0.0260. The summed E-state index contributed by atoms with van der Waals surface area (Å²) in [6, 6.07) is -0.653. The SMILES string of the molecule is O=C(O)c1nccnc1NC(CO)CO. The summed E-state index contributed by atoms with van der Waals surface area (Å²) < 4.78 is 0. The summed E-state index contributed by atoms with van der Waals surface area (Å²) in [7, 11) is 0. The summed E-state index contributed by atoms with van der Waals surface area (Å²) in [5, 5.41) is 28.9. The Balaban J connectivity index is 2.88. The van der Waals surface area contributed by atoms with E-state index in [1.807, 2.05) is 0 Å². The fraction of sp³-hybridized carbons (Fsp3) is 0.375. The van der Waals surface area contributed by atoms with Gasteiger partial charge in [-0.05, 0) is 0 Å². The Morgan fingerprint density at radius 1 is 1.33 bits per heavy atom. The second-order valence-electron chi connectivity index (χ2n) is 2.77. The minimum Gasteiger partial charge on any atom is -0.476 e. The molecule has 0 amide bonds. The molecule has 82 valence electrons. The second kappa shape index (κ2) is 5.23. The fourth-order valence-electron chi connectivity index (χ4n) is 0.943. The van der Waals surface area contributed by atoms with Crippen LogP contribution in [-0.4, -0.2) is 50.5 Å². The standard InChI is InChI=1S/C8H11N3O4/c12-3-5(4-13)11-7-6(8(14)15)9-1-2-10-7/h1-2,5,12-13H,3-4H2,(H,10,11)(H,14,15). The van der Waals surface area contributed by atoms with Crippen LogP contribution in [0.15, 0.2) is 12.4 Å². The van der Waals surface area contributed by atoms with E-state index in [1.165, 1.54) is 12.4 Å². The van der Waals surface area contributed by atoms with Crippen LogP contribution < -0.4 is 5.32 Å². The normalized spacial score (nSPS) is 10.3. The summed E-state index contributed by atoms with van der Waals surface area (Å²) in [6.07, 6.45) is 2.57. The van der Waals surface area contributed by atoms with E-state index in [0.29, 0.717) is 0 Å². The molecule has 7 heteroatoms. The zero-order chi connectivity index (χ0) is 11.3. The lowest BCUT2D eigenvalue weighted by Crippen LogP contribution is -2.29. The molecule has 1 rings (SSSR count). The molecule has 0 aromatic carbocycles. The maximum Gasteiger partial charge on any atom is 0.358 e. The number of aliphatic hydroxyl groups is 2. The third-order valence-electron chi connectivity index (χ3n) is 1.68. The van der Waals surface area contributed by atoms with Gasteiger partial charge in [-0.15, -0.1) is 0 Å². The Morgan fingerprint density at radius 2 is 1.93 bits per heavy atom. The van der Waals surface area contributed by atoms with Crippen LogP contribution in [0.2, 0.25) is 0 Å². The predicted octanol–water partition coefficient (Wildman–Crippen LogP) is -1.06. The average molecular weight is 213 g/mol.